The zero-order chi connectivity index (χ0) is 23.9. The lowest BCUT2D eigenvalue weighted by atomic mass is 9.37. The number of rotatable bonds is 6. The Bertz CT molecular complexity index is 1110. The van der Waals surface area contributed by atoms with Crippen LogP contribution in [0.15, 0.2) is 24.3 Å². The van der Waals surface area contributed by atoms with Crippen molar-refractivity contribution in [1.82, 2.24) is 10.2 Å². The maximum absolute atomic E-state index is 13.6. The van der Waals surface area contributed by atoms with Crippen molar-refractivity contribution in [1.29, 1.82) is 0 Å². The molecule has 4 aliphatic carbocycles. The number of carbonyl (C=O) groups excluding carboxylic acids is 2. The van der Waals surface area contributed by atoms with E-state index in [0.717, 1.165) is 30.9 Å². The van der Waals surface area contributed by atoms with Gasteiger partial charge in [0.15, 0.2) is 11.5 Å². The molecule has 2 fully saturated rings. The second-order valence-electron chi connectivity index (χ2n) is 10.3. The largest absolute Gasteiger partial charge is 0.493 e. The fraction of sp³-hybridized carbons (Fsp3) is 0.615. The zero-order valence-electron chi connectivity index (χ0n) is 20.6. The minimum Gasteiger partial charge on any atom is -0.493 e. The number of nitrogens with one attached hydrogen (secondary N) is 1. The third-order valence-electron chi connectivity index (χ3n) is 9.31. The van der Waals surface area contributed by atoms with Gasteiger partial charge in [-0.2, -0.15) is 0 Å². The summed E-state index contributed by atoms with van der Waals surface area (Å²) in [4.78, 5) is 28.0. The predicted molar refractivity (Wildman–Crippen MR) is 130 cm³/mol. The molecule has 35 heavy (non-hydrogen) atoms. The summed E-state index contributed by atoms with van der Waals surface area (Å²) >= 11 is 0. The van der Waals surface area contributed by atoms with Gasteiger partial charge in [0.1, 0.15) is 18.2 Å². The van der Waals surface area contributed by atoms with Crippen molar-refractivity contribution in [3.05, 3.63) is 35.4 Å². The molecule has 1 N–H and O–H groups in total. The Morgan fingerprint density at radius 3 is 2.77 bits per heavy atom. The van der Waals surface area contributed by atoms with Crippen molar-refractivity contribution in [3.8, 4) is 11.5 Å². The summed E-state index contributed by atoms with van der Waals surface area (Å²) in [5, 5.41) is 2.81. The Kier molecular flexibility index (Phi) is 5.66. The van der Waals surface area contributed by atoms with Crippen LogP contribution in [0, 0.1) is 11.3 Å². The number of likely N-dealkylation sites (tertiary alicyclic amines) is 1. The molecule has 2 aliphatic heterocycles. The molecule has 6 aliphatic rings. The lowest BCUT2D eigenvalue weighted by molar-refractivity contribution is -0.213. The van der Waals surface area contributed by atoms with Crippen LogP contribution in [0.3, 0.4) is 0 Å². The van der Waals surface area contributed by atoms with Gasteiger partial charge in [0, 0.05) is 24.1 Å². The molecular weight excluding hydrogens is 472 g/mol. The first-order valence-corrected chi connectivity index (χ1v) is 12.1. The van der Waals surface area contributed by atoms with E-state index in [1.807, 2.05) is 6.07 Å². The van der Waals surface area contributed by atoms with Crippen molar-refractivity contribution >= 4 is 24.3 Å². The highest BCUT2D eigenvalue weighted by molar-refractivity contribution is 5.86. The minimum atomic E-state index is -0.945. The van der Waals surface area contributed by atoms with E-state index in [-0.39, 0.29) is 54.4 Å². The van der Waals surface area contributed by atoms with Gasteiger partial charge in [0.05, 0.1) is 25.0 Å². The molecule has 4 bridgehead atoms. The van der Waals surface area contributed by atoms with Gasteiger partial charge < -0.3 is 29.2 Å². The number of hydrogen-bond donors (Lipinski definition) is 1. The maximum Gasteiger partial charge on any atom is 0.325 e. The first kappa shape index (κ1) is 24.4. The van der Waals surface area contributed by atoms with E-state index in [1.54, 1.807) is 21.1 Å². The molecule has 7 rings (SSSR count). The average Bonchev–Trinajstić information content (AvgIpc) is 3.22. The summed E-state index contributed by atoms with van der Waals surface area (Å²) in [6.45, 7) is 2.83. The molecule has 2 heterocycles. The van der Waals surface area contributed by atoms with Crippen LogP contribution < -0.4 is 14.8 Å². The van der Waals surface area contributed by atoms with Crippen LogP contribution >= 0.6 is 12.4 Å². The maximum atomic E-state index is 13.6. The first-order chi connectivity index (χ1) is 16.4. The molecule has 1 aromatic rings. The van der Waals surface area contributed by atoms with Gasteiger partial charge in [-0.25, -0.2) is 0 Å². The summed E-state index contributed by atoms with van der Waals surface area (Å²) in [5.74, 6) is 0.387. The molecule has 9 heteroatoms. The predicted octanol–water partition coefficient (Wildman–Crippen LogP) is 2.02. The van der Waals surface area contributed by atoms with E-state index in [0.29, 0.717) is 6.42 Å². The minimum absolute atomic E-state index is 0. The number of likely N-dealkylation sites (N-methyl/N-ethyl adjacent to an activating group) is 1. The molecular formula is C26H33ClN2O6. The van der Waals surface area contributed by atoms with E-state index < -0.39 is 17.5 Å². The summed E-state index contributed by atoms with van der Waals surface area (Å²) in [7, 11) is 5.51. The standard InChI is InChI=1S/C26H32N2O6.ClH/c1-5-33-19(29)14-27-22(30)16-13-24-8-9-26(16,32-4)23-25(24)10-11-28(2)18(24)12-15-6-7-17(31-3)21(34-23)20(15)25;/h6-9,16,18,23H,5,10-14H2,1-4H3,(H,27,30);1H/t16?,18?,23?,24?,25-,26?;/m0./s1. The second kappa shape index (κ2) is 8.11. The van der Waals surface area contributed by atoms with E-state index in [9.17, 15) is 9.59 Å². The van der Waals surface area contributed by atoms with Gasteiger partial charge in [-0.1, -0.05) is 18.2 Å². The van der Waals surface area contributed by atoms with Crippen molar-refractivity contribution in [2.75, 3.05) is 41.0 Å². The Hall–Kier alpha value is -2.29. The Labute approximate surface area is 211 Å². The van der Waals surface area contributed by atoms with Crippen molar-refractivity contribution in [3.63, 3.8) is 0 Å². The molecule has 0 aromatic heterocycles. The molecule has 8 nitrogen and oxygen atoms in total. The normalized spacial score (nSPS) is 37.1. The summed E-state index contributed by atoms with van der Waals surface area (Å²) in [6, 6.07) is 4.42. The monoisotopic (exact) mass is 504 g/mol. The molecule has 190 valence electrons. The SMILES string of the molecule is CCOC(=O)CNC(=O)C1CC23C=CC1(OC)C1Oc4c(OC)ccc5c4[C@@]12CCN(C)C3C5.Cl. The van der Waals surface area contributed by atoms with E-state index in [2.05, 4.69) is 35.5 Å². The van der Waals surface area contributed by atoms with Crippen LogP contribution in [-0.2, 0) is 30.9 Å². The second-order valence-corrected chi connectivity index (χ2v) is 10.3. The number of carbonyl (C=O) groups is 2. The van der Waals surface area contributed by atoms with Crippen LogP contribution in [0.25, 0.3) is 0 Å². The summed E-state index contributed by atoms with van der Waals surface area (Å²) < 4.78 is 23.8. The zero-order valence-corrected chi connectivity index (χ0v) is 21.4. The van der Waals surface area contributed by atoms with Gasteiger partial charge in [0.25, 0.3) is 0 Å². The summed E-state index contributed by atoms with van der Waals surface area (Å²) in [6.07, 6.45) is 6.49. The molecule has 1 saturated heterocycles. The number of piperidine rings is 1. The lowest BCUT2D eigenvalue weighted by Crippen LogP contribution is -2.80. The third kappa shape index (κ3) is 2.76. The van der Waals surface area contributed by atoms with Gasteiger partial charge in [0.2, 0.25) is 5.91 Å². The van der Waals surface area contributed by atoms with Gasteiger partial charge in [-0.15, -0.1) is 12.4 Å². The van der Waals surface area contributed by atoms with E-state index in [1.165, 1.54) is 11.1 Å². The molecule has 6 atom stereocenters. The molecule has 2 spiro atoms. The number of benzene rings is 1. The highest BCUT2D eigenvalue weighted by atomic mass is 35.5. The molecule has 1 amide bonds. The number of ether oxygens (including phenoxy) is 4. The van der Waals surface area contributed by atoms with Crippen LogP contribution in [0.5, 0.6) is 11.5 Å². The fourth-order valence-electron chi connectivity index (χ4n) is 8.00. The van der Waals surface area contributed by atoms with E-state index >= 15 is 0 Å². The van der Waals surface area contributed by atoms with Crippen LogP contribution in [0.4, 0.5) is 0 Å². The average molecular weight is 505 g/mol. The van der Waals surface area contributed by atoms with Crippen LogP contribution in [0.2, 0.25) is 0 Å². The lowest BCUT2D eigenvalue weighted by Gasteiger charge is -2.70. The Balaban J connectivity index is 0.00000253. The van der Waals surface area contributed by atoms with Crippen LogP contribution in [-0.4, -0.2) is 75.5 Å². The smallest absolute Gasteiger partial charge is 0.325 e. The number of halogens is 1. The number of amides is 1. The first-order valence-electron chi connectivity index (χ1n) is 12.1. The van der Waals surface area contributed by atoms with Gasteiger partial charge in [-0.3, -0.25) is 9.59 Å². The quantitative estimate of drug-likeness (QED) is 0.468. The van der Waals surface area contributed by atoms with Gasteiger partial charge in [-0.05, 0) is 51.4 Å². The fourth-order valence-corrected chi connectivity index (χ4v) is 8.00. The van der Waals surface area contributed by atoms with Crippen LogP contribution in [0.1, 0.15) is 30.9 Å². The van der Waals surface area contributed by atoms with Crippen molar-refractivity contribution in [2.45, 2.75) is 49.3 Å². The number of esters is 1. The number of hydrogen-bond acceptors (Lipinski definition) is 7. The molecule has 1 aromatic carbocycles. The highest BCUT2D eigenvalue weighted by Crippen LogP contribution is 2.74. The number of methoxy groups -OCH3 is 2. The van der Waals surface area contributed by atoms with Crippen molar-refractivity contribution < 1.29 is 28.5 Å². The topological polar surface area (TPSA) is 86.3 Å². The Morgan fingerprint density at radius 2 is 2.06 bits per heavy atom. The third-order valence-corrected chi connectivity index (χ3v) is 9.31. The molecule has 1 saturated carbocycles. The highest BCUT2D eigenvalue weighted by Gasteiger charge is 2.79. The Morgan fingerprint density at radius 1 is 1.26 bits per heavy atom. The number of nitrogens with zero attached hydrogens (tertiary/aromatic N) is 1. The van der Waals surface area contributed by atoms with E-state index in [4.69, 9.17) is 18.9 Å². The van der Waals surface area contributed by atoms with Gasteiger partial charge >= 0.3 is 5.97 Å². The number of fused-ring (bicyclic) bond motifs is 1. The summed E-state index contributed by atoms with van der Waals surface area (Å²) in [5.41, 5.74) is 1.04. The molecule has 5 unspecified atom stereocenters. The van der Waals surface area contributed by atoms with Crippen molar-refractivity contribution in [2.24, 2.45) is 11.3 Å². The molecule has 0 radical (unpaired) electrons.